The number of hydrogen-bond acceptors (Lipinski definition) is 7. The van der Waals surface area contributed by atoms with Crippen molar-refractivity contribution in [1.82, 2.24) is 16.0 Å². The van der Waals surface area contributed by atoms with Crippen LogP contribution in [0.4, 0.5) is 16.2 Å². The zero-order valence-corrected chi connectivity index (χ0v) is 26.3. The van der Waals surface area contributed by atoms with E-state index in [0.29, 0.717) is 23.4 Å². The monoisotopic (exact) mass is 627 g/mol. The Labute approximate surface area is 263 Å². The van der Waals surface area contributed by atoms with Crippen molar-refractivity contribution in [3.05, 3.63) is 54.1 Å². The van der Waals surface area contributed by atoms with Gasteiger partial charge in [0.05, 0.1) is 5.92 Å². The Morgan fingerprint density at radius 1 is 0.778 bits per heavy atom. The largest absolute Gasteiger partial charge is 0.508 e. The van der Waals surface area contributed by atoms with Crippen LogP contribution in [0.2, 0.25) is 0 Å². The van der Waals surface area contributed by atoms with Crippen molar-refractivity contribution in [1.29, 1.82) is 0 Å². The SMILES string of the molecule is CC(C)CC(C(=O)NC(CNCCC(NC(=O)CC(C)(C)C)C(=O)O)C(=O)O)c1ccc(NC(=O)Nc2ccc(O)cc2)cc1. The average molecular weight is 628 g/mol. The van der Waals surface area contributed by atoms with Gasteiger partial charge in [0, 0.05) is 24.3 Å². The number of aliphatic carboxylic acids is 2. The van der Waals surface area contributed by atoms with Gasteiger partial charge in [0.15, 0.2) is 0 Å². The molecule has 2 aromatic carbocycles. The van der Waals surface area contributed by atoms with E-state index in [1.165, 1.54) is 12.1 Å². The van der Waals surface area contributed by atoms with Crippen LogP contribution in [0.1, 0.15) is 65.4 Å². The Bertz CT molecular complexity index is 1310. The Hall–Kier alpha value is -4.65. The third-order valence-electron chi connectivity index (χ3n) is 6.62. The van der Waals surface area contributed by atoms with Crippen molar-refractivity contribution < 1.29 is 39.3 Å². The summed E-state index contributed by atoms with van der Waals surface area (Å²) in [5.74, 6) is -3.81. The van der Waals surface area contributed by atoms with Gasteiger partial charge in [0.2, 0.25) is 11.8 Å². The molecular formula is C32H45N5O8. The lowest BCUT2D eigenvalue weighted by atomic mass is 9.89. The van der Waals surface area contributed by atoms with E-state index in [1.807, 2.05) is 34.6 Å². The van der Waals surface area contributed by atoms with E-state index in [1.54, 1.807) is 36.4 Å². The molecule has 13 nitrogen and oxygen atoms in total. The fourth-order valence-corrected chi connectivity index (χ4v) is 4.45. The van der Waals surface area contributed by atoms with Crippen LogP contribution in [0.3, 0.4) is 0 Å². The lowest BCUT2D eigenvalue weighted by Gasteiger charge is -2.23. The number of amides is 4. The molecule has 45 heavy (non-hydrogen) atoms. The zero-order valence-electron chi connectivity index (χ0n) is 26.3. The van der Waals surface area contributed by atoms with E-state index in [-0.39, 0.29) is 48.9 Å². The lowest BCUT2D eigenvalue weighted by Crippen LogP contribution is -2.49. The van der Waals surface area contributed by atoms with Crippen molar-refractivity contribution in [3.8, 4) is 5.75 Å². The number of phenolic OH excluding ortho intramolecular Hbond substituents is 1. The molecule has 0 spiro atoms. The van der Waals surface area contributed by atoms with E-state index in [2.05, 4.69) is 26.6 Å². The Kier molecular flexibility index (Phi) is 13.8. The highest BCUT2D eigenvalue weighted by Crippen LogP contribution is 2.26. The number of phenols is 1. The Morgan fingerprint density at radius 3 is 1.80 bits per heavy atom. The van der Waals surface area contributed by atoms with Crippen LogP contribution in [-0.2, 0) is 19.2 Å². The number of carboxylic acid groups (broad SMARTS) is 2. The maximum absolute atomic E-state index is 13.3. The molecule has 0 aliphatic rings. The molecule has 13 heteroatoms. The van der Waals surface area contributed by atoms with Crippen LogP contribution in [0.15, 0.2) is 48.5 Å². The predicted molar refractivity (Wildman–Crippen MR) is 170 cm³/mol. The molecule has 2 aromatic rings. The molecule has 0 fully saturated rings. The summed E-state index contributed by atoms with van der Waals surface area (Å²) in [4.78, 5) is 61.4. The number of rotatable bonds is 16. The number of carbonyl (C=O) groups is 5. The number of anilines is 2. The van der Waals surface area contributed by atoms with E-state index in [0.717, 1.165) is 0 Å². The molecule has 0 aliphatic carbocycles. The lowest BCUT2D eigenvalue weighted by molar-refractivity contribution is -0.142. The summed E-state index contributed by atoms with van der Waals surface area (Å²) in [6.07, 6.45) is 0.619. The molecule has 0 saturated carbocycles. The molecule has 0 heterocycles. The van der Waals surface area contributed by atoms with Gasteiger partial charge in [-0.2, -0.15) is 0 Å². The minimum absolute atomic E-state index is 0.0226. The number of hydrogen-bond donors (Lipinski definition) is 8. The number of urea groups is 1. The zero-order chi connectivity index (χ0) is 33.7. The number of benzene rings is 2. The average Bonchev–Trinajstić information content (AvgIpc) is 2.93. The standard InChI is InChI=1S/C32H45N5O8/c1-19(2)16-24(20-6-8-21(9-7-20)34-31(45)35-22-10-12-23(38)13-11-22)28(40)37-26(30(43)44)18-33-15-14-25(29(41)42)36-27(39)17-32(3,4)5/h6-13,19,24-26,33,38H,14-18H2,1-5H3,(H,36,39)(H,37,40)(H,41,42)(H,43,44)(H2,34,35,45). The third-order valence-corrected chi connectivity index (χ3v) is 6.62. The smallest absolute Gasteiger partial charge is 0.327 e. The van der Waals surface area contributed by atoms with Gasteiger partial charge in [0.25, 0.3) is 0 Å². The highest BCUT2D eigenvalue weighted by Gasteiger charge is 2.28. The summed E-state index contributed by atoms with van der Waals surface area (Å²) in [5, 5.41) is 41.9. The van der Waals surface area contributed by atoms with E-state index >= 15 is 0 Å². The first-order valence-corrected chi connectivity index (χ1v) is 14.8. The summed E-state index contributed by atoms with van der Waals surface area (Å²) >= 11 is 0. The molecular weight excluding hydrogens is 582 g/mol. The molecule has 0 aromatic heterocycles. The molecule has 0 saturated heterocycles. The molecule has 8 N–H and O–H groups in total. The second-order valence-electron chi connectivity index (χ2n) is 12.5. The van der Waals surface area contributed by atoms with Gasteiger partial charge in [-0.15, -0.1) is 0 Å². The first kappa shape index (κ1) is 36.5. The fraction of sp³-hybridized carbons (Fsp3) is 0.469. The quantitative estimate of drug-likeness (QED) is 0.101. The van der Waals surface area contributed by atoms with Crippen molar-refractivity contribution in [2.24, 2.45) is 11.3 Å². The molecule has 3 unspecified atom stereocenters. The summed E-state index contributed by atoms with van der Waals surface area (Å²) in [7, 11) is 0. The van der Waals surface area contributed by atoms with Crippen LogP contribution in [0, 0.1) is 11.3 Å². The molecule has 246 valence electrons. The topological polar surface area (TPSA) is 206 Å². The second kappa shape index (κ2) is 17.0. The molecule has 0 bridgehead atoms. The van der Waals surface area contributed by atoms with Gasteiger partial charge in [-0.05, 0) is 72.7 Å². The molecule has 0 aliphatic heterocycles. The molecule has 2 rings (SSSR count). The van der Waals surface area contributed by atoms with Crippen molar-refractivity contribution in [2.75, 3.05) is 23.7 Å². The van der Waals surface area contributed by atoms with Gasteiger partial charge < -0.3 is 41.9 Å². The van der Waals surface area contributed by atoms with Crippen molar-refractivity contribution >= 4 is 41.2 Å². The van der Waals surface area contributed by atoms with Crippen LogP contribution >= 0.6 is 0 Å². The number of carbonyl (C=O) groups excluding carboxylic acids is 3. The van der Waals surface area contributed by atoms with E-state index in [4.69, 9.17) is 0 Å². The number of carboxylic acids is 2. The summed E-state index contributed by atoms with van der Waals surface area (Å²) < 4.78 is 0. The highest BCUT2D eigenvalue weighted by molar-refractivity contribution is 5.99. The minimum atomic E-state index is -1.28. The first-order valence-electron chi connectivity index (χ1n) is 14.8. The van der Waals surface area contributed by atoms with Gasteiger partial charge in [0.1, 0.15) is 17.8 Å². The summed E-state index contributed by atoms with van der Waals surface area (Å²) in [6, 6.07) is 9.73. The summed E-state index contributed by atoms with van der Waals surface area (Å²) in [6.45, 7) is 9.42. The normalized spacial score (nSPS) is 13.3. The van der Waals surface area contributed by atoms with Gasteiger partial charge >= 0.3 is 18.0 Å². The van der Waals surface area contributed by atoms with Gasteiger partial charge in [-0.1, -0.05) is 46.8 Å². The van der Waals surface area contributed by atoms with Crippen molar-refractivity contribution in [3.63, 3.8) is 0 Å². The fourth-order valence-electron chi connectivity index (χ4n) is 4.45. The molecule has 3 atom stereocenters. The van der Waals surface area contributed by atoms with Crippen molar-refractivity contribution in [2.45, 2.75) is 71.9 Å². The van der Waals surface area contributed by atoms with Gasteiger partial charge in [-0.25, -0.2) is 14.4 Å². The number of aromatic hydroxyl groups is 1. The van der Waals surface area contributed by atoms with Crippen LogP contribution in [0.25, 0.3) is 0 Å². The van der Waals surface area contributed by atoms with Crippen LogP contribution in [-0.4, -0.2) is 70.3 Å². The predicted octanol–water partition coefficient (Wildman–Crippen LogP) is 3.72. The van der Waals surface area contributed by atoms with Crippen LogP contribution < -0.4 is 26.6 Å². The van der Waals surface area contributed by atoms with E-state index in [9.17, 15) is 39.3 Å². The van der Waals surface area contributed by atoms with E-state index < -0.39 is 41.9 Å². The summed E-state index contributed by atoms with van der Waals surface area (Å²) in [5.41, 5.74) is 1.29. The van der Waals surface area contributed by atoms with Crippen LogP contribution in [0.5, 0.6) is 5.75 Å². The third kappa shape index (κ3) is 13.7. The first-order chi connectivity index (χ1) is 21.0. The second-order valence-corrected chi connectivity index (χ2v) is 12.5. The Balaban J connectivity index is 1.98. The molecule has 4 amide bonds. The minimum Gasteiger partial charge on any atom is -0.508 e. The highest BCUT2D eigenvalue weighted by atomic mass is 16.4. The maximum Gasteiger partial charge on any atom is 0.327 e. The number of nitrogens with one attached hydrogen (secondary N) is 5. The maximum atomic E-state index is 13.3. The van der Waals surface area contributed by atoms with Gasteiger partial charge in [-0.3, -0.25) is 9.59 Å². The Morgan fingerprint density at radius 2 is 1.31 bits per heavy atom. The molecule has 0 radical (unpaired) electrons.